The summed E-state index contributed by atoms with van der Waals surface area (Å²) in [5, 5.41) is 14.5. The molecule has 3 atom stereocenters. The van der Waals surface area contributed by atoms with Crippen LogP contribution in [0, 0.1) is 6.92 Å². The number of fused-ring (bicyclic) bond motifs is 3. The Bertz CT molecular complexity index is 1460. The first kappa shape index (κ1) is 29.3. The number of pyridine rings is 1. The van der Waals surface area contributed by atoms with Crippen LogP contribution in [0.4, 0.5) is 11.6 Å². The fourth-order valence-corrected chi connectivity index (χ4v) is 6.93. The molecule has 1 saturated carbocycles. The van der Waals surface area contributed by atoms with E-state index < -0.39 is 6.10 Å². The van der Waals surface area contributed by atoms with Crippen molar-refractivity contribution in [3.05, 3.63) is 64.9 Å². The SMILES string of the molecule is Cc1ncoc1COc1ccc2c(c1)CCN(C[C@@H](O)CCC(=O)c1cc(NC3CCC3)nc(N3C4CCC3COC4)c1)C2. The number of benzene rings is 1. The maximum absolute atomic E-state index is 13.5. The van der Waals surface area contributed by atoms with Gasteiger partial charge in [-0.05, 0) is 87.3 Å². The van der Waals surface area contributed by atoms with E-state index in [1.165, 1.54) is 23.9 Å². The number of carbonyl (C=O) groups is 1. The minimum absolute atomic E-state index is 0.0574. The maximum Gasteiger partial charge on any atom is 0.181 e. The van der Waals surface area contributed by atoms with Gasteiger partial charge >= 0.3 is 0 Å². The number of ether oxygens (including phenoxy) is 2. The topological polar surface area (TPSA) is 113 Å². The maximum atomic E-state index is 13.5. The van der Waals surface area contributed by atoms with Gasteiger partial charge in [0.25, 0.3) is 0 Å². The minimum Gasteiger partial charge on any atom is -0.486 e. The van der Waals surface area contributed by atoms with Crippen LogP contribution in [0.1, 0.15) is 77.9 Å². The molecule has 0 spiro atoms. The molecule has 3 aromatic rings. The third-order valence-corrected chi connectivity index (χ3v) is 9.75. The molecule has 1 aliphatic carbocycles. The molecule has 2 saturated heterocycles. The van der Waals surface area contributed by atoms with Gasteiger partial charge in [0.05, 0.1) is 37.1 Å². The first-order chi connectivity index (χ1) is 21.5. The van der Waals surface area contributed by atoms with Gasteiger partial charge < -0.3 is 29.2 Å². The lowest BCUT2D eigenvalue weighted by Crippen LogP contribution is -2.46. The van der Waals surface area contributed by atoms with Crippen molar-refractivity contribution in [3.8, 4) is 5.75 Å². The fourth-order valence-electron chi connectivity index (χ4n) is 6.93. The summed E-state index contributed by atoms with van der Waals surface area (Å²) in [4.78, 5) is 27.2. The summed E-state index contributed by atoms with van der Waals surface area (Å²) in [6, 6.07) is 11.1. The first-order valence-electron chi connectivity index (χ1n) is 16.2. The molecule has 1 aromatic carbocycles. The number of aromatic nitrogens is 2. The molecular weight excluding hydrogens is 558 g/mol. The molecular formula is C34H43N5O5. The molecule has 234 valence electrons. The quantitative estimate of drug-likeness (QED) is 0.284. The normalized spacial score (nSPS) is 22.4. The highest BCUT2D eigenvalue weighted by atomic mass is 16.5. The van der Waals surface area contributed by atoms with E-state index in [1.54, 1.807) is 0 Å². The summed E-state index contributed by atoms with van der Waals surface area (Å²) in [6.07, 6.45) is 8.21. The molecule has 10 heteroatoms. The highest BCUT2D eigenvalue weighted by Crippen LogP contribution is 2.35. The summed E-state index contributed by atoms with van der Waals surface area (Å²) in [6.45, 7) is 5.86. The predicted octanol–water partition coefficient (Wildman–Crippen LogP) is 4.67. The molecule has 4 aliphatic rings. The Kier molecular flexibility index (Phi) is 8.56. The predicted molar refractivity (Wildman–Crippen MR) is 166 cm³/mol. The van der Waals surface area contributed by atoms with E-state index in [0.717, 1.165) is 74.0 Å². The smallest absolute Gasteiger partial charge is 0.181 e. The fraction of sp³-hybridized carbons (Fsp3) is 0.559. The number of Topliss-reactive ketones (excluding diaryl/α,β-unsaturated/α-hetero) is 1. The number of nitrogens with one attached hydrogen (secondary N) is 1. The van der Waals surface area contributed by atoms with Crippen LogP contribution in [0.15, 0.2) is 41.1 Å². The average molecular weight is 602 g/mol. The van der Waals surface area contributed by atoms with Crippen molar-refractivity contribution < 1.29 is 23.8 Å². The number of aliphatic hydroxyl groups excluding tert-OH is 1. The summed E-state index contributed by atoms with van der Waals surface area (Å²) >= 11 is 0. The largest absolute Gasteiger partial charge is 0.486 e. The van der Waals surface area contributed by atoms with Crippen LogP contribution in [0.3, 0.4) is 0 Å². The number of oxazole rings is 1. The zero-order chi connectivity index (χ0) is 30.0. The molecule has 44 heavy (non-hydrogen) atoms. The van der Waals surface area contributed by atoms with Crippen molar-refractivity contribution in [2.75, 3.05) is 36.5 Å². The van der Waals surface area contributed by atoms with E-state index in [4.69, 9.17) is 18.9 Å². The van der Waals surface area contributed by atoms with Crippen LogP contribution in [-0.4, -0.2) is 76.3 Å². The van der Waals surface area contributed by atoms with Crippen molar-refractivity contribution in [2.24, 2.45) is 0 Å². The number of ketones is 1. The second-order valence-electron chi connectivity index (χ2n) is 12.9. The summed E-state index contributed by atoms with van der Waals surface area (Å²) in [5.74, 6) is 3.28. The number of hydrogen-bond donors (Lipinski definition) is 2. The molecule has 2 unspecified atom stereocenters. The van der Waals surface area contributed by atoms with Crippen molar-refractivity contribution in [1.82, 2.24) is 14.9 Å². The molecule has 2 bridgehead atoms. The summed E-state index contributed by atoms with van der Waals surface area (Å²) < 4.78 is 17.1. The van der Waals surface area contributed by atoms with Crippen LogP contribution in [0.25, 0.3) is 0 Å². The Morgan fingerprint density at radius 2 is 1.98 bits per heavy atom. The highest BCUT2D eigenvalue weighted by Gasteiger charge is 2.38. The summed E-state index contributed by atoms with van der Waals surface area (Å²) in [5.41, 5.74) is 4.04. The van der Waals surface area contributed by atoms with Crippen LogP contribution in [0.5, 0.6) is 5.75 Å². The number of nitrogens with zero attached hydrogens (tertiary/aromatic N) is 4. The standard InChI is InChI=1S/C34H43N5O5/c1-22-32(44-21-35-22)20-43-30-9-5-24-16-38(12-11-23(24)13-30)17-29(40)8-10-31(41)25-14-33(36-26-3-2-4-26)37-34(15-25)39-27-6-7-28(39)19-42-18-27/h5,9,13-15,21,26-29,40H,2-4,6-8,10-12,16-20H2,1H3,(H,36,37)/t27?,28?,29-/m0/s1. The molecule has 2 aromatic heterocycles. The monoisotopic (exact) mass is 601 g/mol. The number of aliphatic hydroxyl groups is 1. The van der Waals surface area contributed by atoms with Gasteiger partial charge in [0.15, 0.2) is 17.9 Å². The van der Waals surface area contributed by atoms with Gasteiger partial charge in [-0.25, -0.2) is 9.97 Å². The molecule has 7 rings (SSSR count). The van der Waals surface area contributed by atoms with Gasteiger partial charge in [-0.3, -0.25) is 9.69 Å². The second kappa shape index (κ2) is 12.9. The van der Waals surface area contributed by atoms with E-state index >= 15 is 0 Å². The van der Waals surface area contributed by atoms with Crippen molar-refractivity contribution >= 4 is 17.4 Å². The van der Waals surface area contributed by atoms with E-state index in [2.05, 4.69) is 32.2 Å². The molecule has 5 heterocycles. The molecule has 0 radical (unpaired) electrons. The summed E-state index contributed by atoms with van der Waals surface area (Å²) in [7, 11) is 0. The lowest BCUT2D eigenvalue weighted by atomic mass is 9.93. The van der Waals surface area contributed by atoms with Crippen LogP contribution < -0.4 is 15.0 Å². The second-order valence-corrected chi connectivity index (χ2v) is 12.9. The molecule has 3 aliphatic heterocycles. The van der Waals surface area contributed by atoms with E-state index in [0.29, 0.717) is 62.9 Å². The average Bonchev–Trinajstić information content (AvgIpc) is 3.54. The van der Waals surface area contributed by atoms with Crippen LogP contribution >= 0.6 is 0 Å². The number of anilines is 2. The number of morpholine rings is 1. The van der Waals surface area contributed by atoms with E-state index in [9.17, 15) is 9.90 Å². The molecule has 10 nitrogen and oxygen atoms in total. The van der Waals surface area contributed by atoms with Crippen molar-refractivity contribution in [3.63, 3.8) is 0 Å². The van der Waals surface area contributed by atoms with E-state index in [-0.39, 0.29) is 5.78 Å². The molecule has 0 amide bonds. The Balaban J connectivity index is 0.941. The van der Waals surface area contributed by atoms with Gasteiger partial charge in [0.2, 0.25) is 0 Å². The van der Waals surface area contributed by atoms with Gasteiger partial charge in [-0.15, -0.1) is 0 Å². The highest BCUT2D eigenvalue weighted by molar-refractivity contribution is 5.97. The third kappa shape index (κ3) is 6.48. The van der Waals surface area contributed by atoms with Gasteiger partial charge in [-0.1, -0.05) is 6.07 Å². The Hall–Kier alpha value is -3.47. The Morgan fingerprint density at radius 1 is 1.14 bits per heavy atom. The molecule has 2 N–H and O–H groups in total. The number of β-amino-alcohol motifs (C(OH)–C–C–N with tert-alkyl or cyclic N) is 1. The van der Waals surface area contributed by atoms with Gasteiger partial charge in [0, 0.05) is 37.7 Å². The first-order valence-corrected chi connectivity index (χ1v) is 16.2. The van der Waals surface area contributed by atoms with Gasteiger partial charge in [-0.2, -0.15) is 0 Å². The number of carbonyl (C=O) groups excluding carboxylic acids is 1. The third-order valence-electron chi connectivity index (χ3n) is 9.75. The minimum atomic E-state index is -0.572. The zero-order valence-corrected chi connectivity index (χ0v) is 25.5. The van der Waals surface area contributed by atoms with Crippen molar-refractivity contribution in [2.45, 2.75) is 95.7 Å². The number of rotatable bonds is 12. The van der Waals surface area contributed by atoms with Crippen molar-refractivity contribution in [1.29, 1.82) is 0 Å². The molecule has 3 fully saturated rings. The zero-order valence-electron chi connectivity index (χ0n) is 25.5. The number of hydrogen-bond acceptors (Lipinski definition) is 10. The van der Waals surface area contributed by atoms with Crippen LogP contribution in [0.2, 0.25) is 0 Å². The Labute approximate surface area is 258 Å². The van der Waals surface area contributed by atoms with Gasteiger partial charge in [0.1, 0.15) is 24.0 Å². The number of aryl methyl sites for hydroxylation is 1. The van der Waals surface area contributed by atoms with Crippen LogP contribution in [-0.2, 0) is 24.3 Å². The lowest BCUT2D eigenvalue weighted by molar-refractivity contribution is 0.0836. The Morgan fingerprint density at radius 3 is 2.73 bits per heavy atom. The van der Waals surface area contributed by atoms with E-state index in [1.807, 2.05) is 25.1 Å². The lowest BCUT2D eigenvalue weighted by Gasteiger charge is -2.36.